The summed E-state index contributed by atoms with van der Waals surface area (Å²) < 4.78 is 5.11. The monoisotopic (exact) mass is 286 g/mol. The van der Waals surface area contributed by atoms with Gasteiger partial charge in [0.15, 0.2) is 5.69 Å². The predicted octanol–water partition coefficient (Wildman–Crippen LogP) is 2.56. The molecule has 6 heteroatoms. The van der Waals surface area contributed by atoms with E-state index in [9.17, 15) is 4.79 Å². The van der Waals surface area contributed by atoms with Gasteiger partial charge in [-0.2, -0.15) is 0 Å². The lowest BCUT2D eigenvalue weighted by Crippen LogP contribution is -2.15. The van der Waals surface area contributed by atoms with E-state index in [-0.39, 0.29) is 11.6 Å². The van der Waals surface area contributed by atoms with Gasteiger partial charge < -0.3 is 15.4 Å². The van der Waals surface area contributed by atoms with Gasteiger partial charge in [-0.25, -0.2) is 0 Å². The van der Waals surface area contributed by atoms with Crippen molar-refractivity contribution in [2.45, 2.75) is 13.3 Å². The Kier molecular flexibility index (Phi) is 5.09. The molecule has 2 rings (SSSR count). The van der Waals surface area contributed by atoms with Gasteiger partial charge in [0.05, 0.1) is 7.11 Å². The van der Waals surface area contributed by atoms with E-state index in [1.54, 1.807) is 37.4 Å². The molecule has 0 atom stereocenters. The normalized spacial score (nSPS) is 10.0. The minimum Gasteiger partial charge on any atom is -0.497 e. The van der Waals surface area contributed by atoms with Gasteiger partial charge in [-0.15, -0.1) is 10.2 Å². The molecular weight excluding hydrogens is 268 g/mol. The number of hydrogen-bond acceptors (Lipinski definition) is 5. The number of methoxy groups -OCH3 is 1. The largest absolute Gasteiger partial charge is 0.497 e. The molecule has 0 aliphatic carbocycles. The molecule has 21 heavy (non-hydrogen) atoms. The molecule has 0 saturated heterocycles. The van der Waals surface area contributed by atoms with Gasteiger partial charge in [0.25, 0.3) is 5.91 Å². The number of carbonyl (C=O) groups excluding carboxylic acids is 1. The van der Waals surface area contributed by atoms with Crippen molar-refractivity contribution in [2.24, 2.45) is 0 Å². The Balaban J connectivity index is 2.02. The summed E-state index contributed by atoms with van der Waals surface area (Å²) in [5.74, 6) is 1.03. The number of carbonyl (C=O) groups is 1. The van der Waals surface area contributed by atoms with Crippen molar-refractivity contribution in [1.29, 1.82) is 0 Å². The lowest BCUT2D eigenvalue weighted by molar-refractivity contribution is 0.102. The van der Waals surface area contributed by atoms with Crippen LogP contribution in [-0.2, 0) is 0 Å². The summed E-state index contributed by atoms with van der Waals surface area (Å²) in [5.41, 5.74) is 0.911. The molecule has 6 nitrogen and oxygen atoms in total. The summed E-state index contributed by atoms with van der Waals surface area (Å²) in [7, 11) is 1.58. The van der Waals surface area contributed by atoms with Gasteiger partial charge in [-0.1, -0.05) is 13.0 Å². The molecule has 110 valence electrons. The fraction of sp³-hybridized carbons (Fsp3) is 0.267. The first-order valence-corrected chi connectivity index (χ1v) is 6.76. The van der Waals surface area contributed by atoms with Crippen molar-refractivity contribution >= 4 is 17.4 Å². The summed E-state index contributed by atoms with van der Waals surface area (Å²) in [6, 6.07) is 10.5. The zero-order valence-electron chi connectivity index (χ0n) is 12.1. The molecule has 0 saturated carbocycles. The molecule has 1 aromatic carbocycles. The number of anilines is 2. The van der Waals surface area contributed by atoms with Crippen LogP contribution >= 0.6 is 0 Å². The number of hydrogen-bond donors (Lipinski definition) is 2. The van der Waals surface area contributed by atoms with Crippen molar-refractivity contribution < 1.29 is 9.53 Å². The standard InChI is InChI=1S/C15H18N4O2/c1-3-9-16-14-8-7-13(18-19-14)15(20)17-11-5-4-6-12(10-11)21-2/h4-8,10H,3,9H2,1-2H3,(H,16,19)(H,17,20). The Bertz CT molecular complexity index is 599. The van der Waals surface area contributed by atoms with Crippen LogP contribution in [0, 0.1) is 0 Å². The topological polar surface area (TPSA) is 76.1 Å². The number of nitrogens with one attached hydrogen (secondary N) is 2. The zero-order valence-corrected chi connectivity index (χ0v) is 12.1. The van der Waals surface area contributed by atoms with E-state index in [0.717, 1.165) is 13.0 Å². The molecule has 0 bridgehead atoms. The highest BCUT2D eigenvalue weighted by Crippen LogP contribution is 2.17. The lowest BCUT2D eigenvalue weighted by Gasteiger charge is -2.07. The van der Waals surface area contributed by atoms with E-state index in [4.69, 9.17) is 4.74 Å². The quantitative estimate of drug-likeness (QED) is 0.853. The summed E-state index contributed by atoms with van der Waals surface area (Å²) in [6.45, 7) is 2.89. The number of ether oxygens (including phenoxy) is 1. The van der Waals surface area contributed by atoms with Gasteiger partial charge in [0, 0.05) is 18.3 Å². The van der Waals surface area contributed by atoms with Crippen LogP contribution in [0.15, 0.2) is 36.4 Å². The van der Waals surface area contributed by atoms with E-state index in [2.05, 4.69) is 27.8 Å². The summed E-state index contributed by atoms with van der Waals surface area (Å²) in [6.07, 6.45) is 1.000. The summed E-state index contributed by atoms with van der Waals surface area (Å²) in [4.78, 5) is 12.1. The molecule has 2 N–H and O–H groups in total. The first-order valence-electron chi connectivity index (χ1n) is 6.76. The average molecular weight is 286 g/mol. The molecule has 0 spiro atoms. The molecule has 0 unspecified atom stereocenters. The van der Waals surface area contributed by atoms with Crippen LogP contribution in [0.2, 0.25) is 0 Å². The summed E-state index contributed by atoms with van der Waals surface area (Å²) >= 11 is 0. The maximum atomic E-state index is 12.1. The van der Waals surface area contributed by atoms with Crippen LogP contribution in [0.3, 0.4) is 0 Å². The van der Waals surface area contributed by atoms with E-state index < -0.39 is 0 Å². The molecule has 1 heterocycles. The highest BCUT2D eigenvalue weighted by Gasteiger charge is 2.09. The van der Waals surface area contributed by atoms with Crippen molar-refractivity contribution in [2.75, 3.05) is 24.3 Å². The van der Waals surface area contributed by atoms with Crippen LogP contribution < -0.4 is 15.4 Å². The second-order valence-corrected chi connectivity index (χ2v) is 4.42. The van der Waals surface area contributed by atoms with Crippen LogP contribution in [-0.4, -0.2) is 29.8 Å². The molecule has 0 aliphatic heterocycles. The summed E-state index contributed by atoms with van der Waals surface area (Å²) in [5, 5.41) is 13.7. The Morgan fingerprint density at radius 2 is 2.10 bits per heavy atom. The Morgan fingerprint density at radius 3 is 2.76 bits per heavy atom. The van der Waals surface area contributed by atoms with Crippen LogP contribution in [0.4, 0.5) is 11.5 Å². The zero-order chi connectivity index (χ0) is 15.1. The number of nitrogens with zero attached hydrogens (tertiary/aromatic N) is 2. The number of benzene rings is 1. The van der Waals surface area contributed by atoms with Crippen LogP contribution in [0.5, 0.6) is 5.75 Å². The number of aromatic nitrogens is 2. The van der Waals surface area contributed by atoms with Crippen LogP contribution in [0.25, 0.3) is 0 Å². The second kappa shape index (κ2) is 7.23. The first kappa shape index (κ1) is 14.8. The number of rotatable bonds is 6. The molecule has 0 radical (unpaired) electrons. The Hall–Kier alpha value is -2.63. The third-order valence-corrected chi connectivity index (χ3v) is 2.78. The average Bonchev–Trinajstić information content (AvgIpc) is 2.53. The van der Waals surface area contributed by atoms with E-state index >= 15 is 0 Å². The maximum Gasteiger partial charge on any atom is 0.276 e. The third kappa shape index (κ3) is 4.17. The first-order chi connectivity index (χ1) is 10.2. The van der Waals surface area contributed by atoms with Gasteiger partial charge >= 0.3 is 0 Å². The maximum absolute atomic E-state index is 12.1. The molecule has 1 amide bonds. The molecule has 2 aromatic rings. The molecule has 0 aliphatic rings. The van der Waals surface area contributed by atoms with Crippen molar-refractivity contribution in [3.05, 3.63) is 42.1 Å². The molecule has 0 fully saturated rings. The highest BCUT2D eigenvalue weighted by atomic mass is 16.5. The SMILES string of the molecule is CCCNc1ccc(C(=O)Nc2cccc(OC)c2)nn1. The Morgan fingerprint density at radius 1 is 1.24 bits per heavy atom. The van der Waals surface area contributed by atoms with Crippen molar-refractivity contribution in [1.82, 2.24) is 10.2 Å². The van der Waals surface area contributed by atoms with Gasteiger partial charge in [0.1, 0.15) is 11.6 Å². The minimum atomic E-state index is -0.308. The molecular formula is C15H18N4O2. The van der Waals surface area contributed by atoms with Gasteiger partial charge in [0.2, 0.25) is 0 Å². The lowest BCUT2D eigenvalue weighted by atomic mass is 10.3. The van der Waals surface area contributed by atoms with Crippen molar-refractivity contribution in [3.8, 4) is 5.75 Å². The highest BCUT2D eigenvalue weighted by molar-refractivity contribution is 6.02. The fourth-order valence-electron chi connectivity index (χ4n) is 1.70. The number of amides is 1. The smallest absolute Gasteiger partial charge is 0.276 e. The fourth-order valence-corrected chi connectivity index (χ4v) is 1.70. The predicted molar refractivity (Wildman–Crippen MR) is 81.8 cm³/mol. The van der Waals surface area contributed by atoms with Gasteiger partial charge in [-0.3, -0.25) is 4.79 Å². The van der Waals surface area contributed by atoms with E-state index in [1.165, 1.54) is 0 Å². The minimum absolute atomic E-state index is 0.264. The second-order valence-electron chi connectivity index (χ2n) is 4.42. The Labute approximate surface area is 123 Å². The molecule has 1 aromatic heterocycles. The van der Waals surface area contributed by atoms with Crippen LogP contribution in [0.1, 0.15) is 23.8 Å². The van der Waals surface area contributed by atoms with E-state index in [0.29, 0.717) is 17.3 Å². The van der Waals surface area contributed by atoms with E-state index in [1.807, 2.05) is 6.07 Å². The van der Waals surface area contributed by atoms with Gasteiger partial charge in [-0.05, 0) is 30.7 Å². The van der Waals surface area contributed by atoms with Crippen molar-refractivity contribution in [3.63, 3.8) is 0 Å². The third-order valence-electron chi connectivity index (χ3n) is 2.78.